The summed E-state index contributed by atoms with van der Waals surface area (Å²) in [5.74, 6) is -2.26. The summed E-state index contributed by atoms with van der Waals surface area (Å²) >= 11 is 0. The van der Waals surface area contributed by atoms with Crippen molar-refractivity contribution in [2.75, 3.05) is 0 Å². The molecule has 0 aliphatic heterocycles. The highest BCUT2D eigenvalue weighted by Gasteiger charge is 2.33. The summed E-state index contributed by atoms with van der Waals surface area (Å²) in [7, 11) is 0. The number of nitrogens with zero attached hydrogens (tertiary/aromatic N) is 1. The van der Waals surface area contributed by atoms with E-state index >= 15 is 0 Å². The Hall–Kier alpha value is -2.11. The van der Waals surface area contributed by atoms with Crippen molar-refractivity contribution in [1.82, 2.24) is 15.3 Å². The number of rotatable bonds is 4. The van der Waals surface area contributed by atoms with Gasteiger partial charge in [0.1, 0.15) is 0 Å². The first-order chi connectivity index (χ1) is 8.68. The van der Waals surface area contributed by atoms with Crippen LogP contribution in [0.5, 0.6) is 0 Å². The van der Waals surface area contributed by atoms with Crippen LogP contribution in [0.2, 0.25) is 0 Å². The van der Waals surface area contributed by atoms with Gasteiger partial charge in [0.2, 0.25) is 5.91 Å². The lowest BCUT2D eigenvalue weighted by Gasteiger charge is -2.24. The van der Waals surface area contributed by atoms with E-state index < -0.39 is 17.8 Å². The van der Waals surface area contributed by atoms with Crippen molar-refractivity contribution >= 4 is 11.9 Å². The number of hydrogen-bond donors (Lipinski definition) is 3. The maximum atomic E-state index is 12.0. The quantitative estimate of drug-likeness (QED) is 0.684. The van der Waals surface area contributed by atoms with Gasteiger partial charge in [0.05, 0.1) is 30.4 Å². The van der Waals surface area contributed by atoms with Crippen molar-refractivity contribution in [2.24, 2.45) is 11.8 Å². The Bertz CT molecular complexity index is 453. The number of carboxylic acid groups (broad SMARTS) is 1. The predicted molar refractivity (Wildman–Crippen MR) is 63.4 cm³/mol. The van der Waals surface area contributed by atoms with Gasteiger partial charge < -0.3 is 15.4 Å². The lowest BCUT2D eigenvalue weighted by Crippen LogP contribution is -2.38. The van der Waals surface area contributed by atoms with Crippen LogP contribution in [0.1, 0.15) is 18.5 Å². The third kappa shape index (κ3) is 2.77. The summed E-state index contributed by atoms with van der Waals surface area (Å²) in [4.78, 5) is 29.8. The van der Waals surface area contributed by atoms with Crippen molar-refractivity contribution in [2.45, 2.75) is 19.4 Å². The fraction of sp³-hybridized carbons (Fsp3) is 0.417. The molecule has 3 N–H and O–H groups in total. The average molecular weight is 249 g/mol. The lowest BCUT2D eigenvalue weighted by atomic mass is 9.82. The van der Waals surface area contributed by atoms with Crippen LogP contribution in [-0.2, 0) is 16.1 Å². The summed E-state index contributed by atoms with van der Waals surface area (Å²) in [6.45, 7) is 0.339. The smallest absolute Gasteiger partial charge is 0.307 e. The maximum absolute atomic E-state index is 12.0. The number of nitrogens with one attached hydrogen (secondary N) is 2. The molecule has 0 fully saturated rings. The molecule has 2 unspecified atom stereocenters. The van der Waals surface area contributed by atoms with Crippen LogP contribution in [-0.4, -0.2) is 27.0 Å². The second-order valence-corrected chi connectivity index (χ2v) is 4.29. The Balaban J connectivity index is 1.94. The van der Waals surface area contributed by atoms with Crippen molar-refractivity contribution < 1.29 is 14.7 Å². The van der Waals surface area contributed by atoms with Crippen LogP contribution in [0.25, 0.3) is 0 Å². The molecule has 1 aromatic heterocycles. The molecule has 2 rings (SSSR count). The first kappa shape index (κ1) is 12.3. The van der Waals surface area contributed by atoms with Crippen molar-refractivity contribution in [3.05, 3.63) is 30.4 Å². The van der Waals surface area contributed by atoms with Crippen LogP contribution in [0.4, 0.5) is 0 Å². The number of carboxylic acids is 1. The normalized spacial score (nSPS) is 22.7. The number of imidazole rings is 1. The molecule has 1 heterocycles. The Morgan fingerprint density at radius 2 is 2.11 bits per heavy atom. The molecule has 1 aliphatic rings. The number of aromatic amines is 1. The van der Waals surface area contributed by atoms with E-state index in [9.17, 15) is 9.59 Å². The van der Waals surface area contributed by atoms with Crippen molar-refractivity contribution in [3.63, 3.8) is 0 Å². The van der Waals surface area contributed by atoms with E-state index in [0.29, 0.717) is 19.4 Å². The summed E-state index contributed by atoms with van der Waals surface area (Å²) in [6.07, 6.45) is 7.72. The number of aliphatic carboxylic acids is 1. The Morgan fingerprint density at radius 3 is 2.72 bits per heavy atom. The van der Waals surface area contributed by atoms with E-state index in [0.717, 1.165) is 5.69 Å². The van der Waals surface area contributed by atoms with Crippen LogP contribution >= 0.6 is 0 Å². The molecule has 1 aliphatic carbocycles. The second-order valence-electron chi connectivity index (χ2n) is 4.29. The van der Waals surface area contributed by atoms with Crippen LogP contribution < -0.4 is 5.32 Å². The van der Waals surface area contributed by atoms with E-state index in [1.807, 2.05) is 12.2 Å². The molecule has 1 amide bonds. The zero-order chi connectivity index (χ0) is 13.0. The Morgan fingerprint density at radius 1 is 1.39 bits per heavy atom. The van der Waals surface area contributed by atoms with E-state index in [-0.39, 0.29) is 5.91 Å². The van der Waals surface area contributed by atoms with Gasteiger partial charge in [-0.05, 0) is 12.8 Å². The van der Waals surface area contributed by atoms with E-state index in [1.54, 1.807) is 6.20 Å². The molecule has 18 heavy (non-hydrogen) atoms. The van der Waals surface area contributed by atoms with Gasteiger partial charge >= 0.3 is 5.97 Å². The van der Waals surface area contributed by atoms with Crippen molar-refractivity contribution in [3.8, 4) is 0 Å². The van der Waals surface area contributed by atoms with Gasteiger partial charge in [-0.3, -0.25) is 9.59 Å². The van der Waals surface area contributed by atoms with Gasteiger partial charge in [-0.25, -0.2) is 4.98 Å². The monoisotopic (exact) mass is 249 g/mol. The first-order valence-corrected chi connectivity index (χ1v) is 5.81. The molecule has 0 saturated carbocycles. The number of carbonyl (C=O) groups excluding carboxylic acids is 1. The summed E-state index contributed by atoms with van der Waals surface area (Å²) in [6, 6.07) is 0. The molecule has 6 heteroatoms. The van der Waals surface area contributed by atoms with Crippen LogP contribution in [0.3, 0.4) is 0 Å². The summed E-state index contributed by atoms with van der Waals surface area (Å²) in [5.41, 5.74) is 0.793. The minimum Gasteiger partial charge on any atom is -0.481 e. The van der Waals surface area contributed by atoms with E-state index in [1.165, 1.54) is 6.33 Å². The number of hydrogen-bond acceptors (Lipinski definition) is 3. The molecule has 0 saturated heterocycles. The minimum absolute atomic E-state index is 0.221. The van der Waals surface area contributed by atoms with Gasteiger partial charge in [0.15, 0.2) is 0 Å². The molecule has 0 aromatic carbocycles. The third-order valence-electron chi connectivity index (χ3n) is 3.09. The number of allylic oxidation sites excluding steroid dienone is 2. The standard InChI is InChI=1S/C12H15N3O3/c16-11(14-6-8-5-13-7-15-8)9-3-1-2-4-10(9)12(17)18/h1-2,5,7,9-10H,3-4,6H2,(H,13,15)(H,14,16)(H,17,18). The van der Waals surface area contributed by atoms with Crippen LogP contribution in [0, 0.1) is 11.8 Å². The zero-order valence-electron chi connectivity index (χ0n) is 9.80. The predicted octanol–water partition coefficient (Wildman–Crippen LogP) is 0.693. The Kier molecular flexibility index (Phi) is 3.76. The van der Waals surface area contributed by atoms with Crippen molar-refractivity contribution in [1.29, 1.82) is 0 Å². The summed E-state index contributed by atoms with van der Waals surface area (Å²) in [5, 5.41) is 11.8. The van der Waals surface area contributed by atoms with E-state index in [4.69, 9.17) is 5.11 Å². The number of carbonyl (C=O) groups is 2. The topological polar surface area (TPSA) is 95.1 Å². The molecule has 1 aromatic rings. The van der Waals surface area contributed by atoms with Gasteiger partial charge in [-0.1, -0.05) is 12.2 Å². The molecule has 0 bridgehead atoms. The summed E-state index contributed by atoms with van der Waals surface area (Å²) < 4.78 is 0. The highest BCUT2D eigenvalue weighted by Crippen LogP contribution is 2.26. The Labute approximate surface area is 104 Å². The maximum Gasteiger partial charge on any atom is 0.307 e. The van der Waals surface area contributed by atoms with Gasteiger partial charge in [0.25, 0.3) is 0 Å². The molecule has 6 nitrogen and oxygen atoms in total. The van der Waals surface area contributed by atoms with Gasteiger partial charge in [-0.2, -0.15) is 0 Å². The molecule has 96 valence electrons. The largest absolute Gasteiger partial charge is 0.481 e. The number of aromatic nitrogens is 2. The number of amides is 1. The molecule has 2 atom stereocenters. The minimum atomic E-state index is -0.916. The highest BCUT2D eigenvalue weighted by atomic mass is 16.4. The zero-order valence-corrected chi connectivity index (χ0v) is 9.80. The third-order valence-corrected chi connectivity index (χ3v) is 3.09. The second kappa shape index (κ2) is 5.48. The van der Waals surface area contributed by atoms with Crippen LogP contribution in [0.15, 0.2) is 24.7 Å². The average Bonchev–Trinajstić information content (AvgIpc) is 2.89. The molecular formula is C12H15N3O3. The van der Waals surface area contributed by atoms with Gasteiger partial charge in [0, 0.05) is 6.20 Å². The molecular weight excluding hydrogens is 234 g/mol. The number of H-pyrrole nitrogens is 1. The first-order valence-electron chi connectivity index (χ1n) is 5.81. The highest BCUT2D eigenvalue weighted by molar-refractivity contribution is 5.85. The fourth-order valence-electron chi connectivity index (χ4n) is 2.07. The van der Waals surface area contributed by atoms with E-state index in [2.05, 4.69) is 15.3 Å². The van der Waals surface area contributed by atoms with Gasteiger partial charge in [-0.15, -0.1) is 0 Å². The SMILES string of the molecule is O=C(O)C1CC=CCC1C(=O)NCc1cnc[nH]1. The lowest BCUT2D eigenvalue weighted by molar-refractivity contribution is -0.147. The molecule has 0 spiro atoms. The molecule has 0 radical (unpaired) electrons. The fourth-order valence-corrected chi connectivity index (χ4v) is 2.07.